The van der Waals surface area contributed by atoms with E-state index in [0.29, 0.717) is 0 Å². The first kappa shape index (κ1) is 16.7. The number of likely N-dealkylation sites (tertiary alicyclic amines) is 1. The molecule has 2 heterocycles. The van der Waals surface area contributed by atoms with Gasteiger partial charge in [0, 0.05) is 13.1 Å². The summed E-state index contributed by atoms with van der Waals surface area (Å²) in [5.41, 5.74) is 8.24. The molecule has 2 N–H and O–H groups in total. The van der Waals surface area contributed by atoms with Gasteiger partial charge in [0.15, 0.2) is 0 Å². The van der Waals surface area contributed by atoms with Gasteiger partial charge in [-0.15, -0.1) is 23.7 Å². The van der Waals surface area contributed by atoms with E-state index >= 15 is 0 Å². The van der Waals surface area contributed by atoms with Gasteiger partial charge in [-0.25, -0.2) is 4.98 Å². The van der Waals surface area contributed by atoms with Crippen molar-refractivity contribution in [1.29, 1.82) is 0 Å². The second-order valence-electron chi connectivity index (χ2n) is 5.86. The fourth-order valence-corrected chi connectivity index (χ4v) is 4.10. The number of aryl methyl sites for hydroxylation is 1. The minimum absolute atomic E-state index is 0. The molecular weight excluding hydrogens is 302 g/mol. The molecule has 2 aromatic rings. The van der Waals surface area contributed by atoms with Crippen molar-refractivity contribution in [1.82, 2.24) is 9.88 Å². The average molecular weight is 326 g/mol. The topological polar surface area (TPSA) is 42.2 Å². The van der Waals surface area contributed by atoms with Crippen LogP contribution in [0, 0.1) is 12.8 Å². The van der Waals surface area contributed by atoms with Gasteiger partial charge in [-0.3, -0.25) is 4.90 Å². The summed E-state index contributed by atoms with van der Waals surface area (Å²) in [6.45, 7) is 6.39. The molecule has 1 unspecified atom stereocenters. The molecule has 116 valence electrons. The summed E-state index contributed by atoms with van der Waals surface area (Å²) in [4.78, 5) is 7.11. The Hall–Kier alpha value is -0.680. The molecule has 1 aromatic heterocycles. The number of nitrogens with zero attached hydrogens (tertiary/aromatic N) is 2. The van der Waals surface area contributed by atoms with E-state index < -0.39 is 0 Å². The van der Waals surface area contributed by atoms with Crippen LogP contribution in [0.2, 0.25) is 0 Å². The predicted molar refractivity (Wildman–Crippen MR) is 93.3 cm³/mol. The molecule has 0 aliphatic carbocycles. The Kier molecular flexibility index (Phi) is 5.99. The van der Waals surface area contributed by atoms with Crippen LogP contribution in [-0.4, -0.2) is 29.5 Å². The van der Waals surface area contributed by atoms with Gasteiger partial charge in [0.1, 0.15) is 0 Å². The Morgan fingerprint density at radius 1 is 1.43 bits per heavy atom. The minimum atomic E-state index is 0. The number of nitrogens with two attached hydrogens (primary N) is 1. The molecule has 1 aromatic carbocycles. The van der Waals surface area contributed by atoms with Crippen LogP contribution in [0.25, 0.3) is 10.2 Å². The monoisotopic (exact) mass is 325 g/mol. The van der Waals surface area contributed by atoms with Gasteiger partial charge in [-0.05, 0) is 62.9 Å². The highest BCUT2D eigenvalue weighted by Gasteiger charge is 2.19. The summed E-state index contributed by atoms with van der Waals surface area (Å²) >= 11 is 1.79. The first-order chi connectivity index (χ1) is 9.74. The second-order valence-corrected chi connectivity index (χ2v) is 7.09. The number of piperidine rings is 1. The van der Waals surface area contributed by atoms with Gasteiger partial charge in [0.05, 0.1) is 15.2 Å². The van der Waals surface area contributed by atoms with Crippen molar-refractivity contribution in [2.45, 2.75) is 32.7 Å². The lowest BCUT2D eigenvalue weighted by Gasteiger charge is -2.32. The summed E-state index contributed by atoms with van der Waals surface area (Å²) in [6.07, 6.45) is 3.83. The largest absolute Gasteiger partial charge is 0.330 e. The molecular formula is C16H24ClN3S. The standard InChI is InChI=1S/C16H23N3S.ClH/c1-12-18-15-5-4-14(9-16(15)20-12)11-19-8-2-3-13(10-19)6-7-17;/h4-5,9,13H,2-3,6-8,10-11,17H2,1H3;1H. The Morgan fingerprint density at radius 2 is 2.29 bits per heavy atom. The van der Waals surface area contributed by atoms with E-state index in [1.54, 1.807) is 11.3 Å². The number of rotatable bonds is 4. The van der Waals surface area contributed by atoms with Gasteiger partial charge < -0.3 is 5.73 Å². The predicted octanol–water partition coefficient (Wildman–Crippen LogP) is 3.59. The molecule has 5 heteroatoms. The molecule has 0 radical (unpaired) electrons. The average Bonchev–Trinajstić information content (AvgIpc) is 2.79. The van der Waals surface area contributed by atoms with E-state index in [2.05, 4.69) is 35.0 Å². The summed E-state index contributed by atoms with van der Waals surface area (Å²) in [7, 11) is 0. The highest BCUT2D eigenvalue weighted by Crippen LogP contribution is 2.25. The van der Waals surface area contributed by atoms with Crippen LogP contribution < -0.4 is 5.73 Å². The molecule has 1 aliphatic heterocycles. The summed E-state index contributed by atoms with van der Waals surface area (Å²) in [6, 6.07) is 6.70. The van der Waals surface area contributed by atoms with E-state index in [1.807, 2.05) is 0 Å². The van der Waals surface area contributed by atoms with Gasteiger partial charge in [-0.1, -0.05) is 6.07 Å². The number of aromatic nitrogens is 1. The van der Waals surface area contributed by atoms with E-state index in [4.69, 9.17) is 5.73 Å². The van der Waals surface area contributed by atoms with Crippen molar-refractivity contribution >= 4 is 34.0 Å². The van der Waals surface area contributed by atoms with Gasteiger partial charge in [0.25, 0.3) is 0 Å². The molecule has 0 amide bonds. The number of halogens is 1. The van der Waals surface area contributed by atoms with Crippen LogP contribution in [0.5, 0.6) is 0 Å². The maximum Gasteiger partial charge on any atom is 0.0907 e. The number of hydrogen-bond acceptors (Lipinski definition) is 4. The molecule has 1 fully saturated rings. The maximum absolute atomic E-state index is 5.70. The van der Waals surface area contributed by atoms with Crippen molar-refractivity contribution in [3.8, 4) is 0 Å². The van der Waals surface area contributed by atoms with Crippen LogP contribution in [0.15, 0.2) is 18.2 Å². The van der Waals surface area contributed by atoms with Crippen LogP contribution in [0.1, 0.15) is 29.8 Å². The minimum Gasteiger partial charge on any atom is -0.330 e. The fourth-order valence-electron chi connectivity index (χ4n) is 3.21. The molecule has 3 nitrogen and oxygen atoms in total. The first-order valence-electron chi connectivity index (χ1n) is 7.53. The number of hydrogen-bond donors (Lipinski definition) is 1. The molecule has 1 aliphatic rings. The zero-order chi connectivity index (χ0) is 13.9. The van der Waals surface area contributed by atoms with E-state index in [0.717, 1.165) is 29.5 Å². The van der Waals surface area contributed by atoms with Crippen LogP contribution in [0.4, 0.5) is 0 Å². The third-order valence-corrected chi connectivity index (χ3v) is 5.08. The van der Waals surface area contributed by atoms with Gasteiger partial charge in [0.2, 0.25) is 0 Å². The van der Waals surface area contributed by atoms with Crippen molar-refractivity contribution in [2.75, 3.05) is 19.6 Å². The summed E-state index contributed by atoms with van der Waals surface area (Å²) in [5, 5.41) is 1.15. The quantitative estimate of drug-likeness (QED) is 0.934. The molecule has 1 atom stereocenters. The third kappa shape index (κ3) is 4.16. The highest BCUT2D eigenvalue weighted by molar-refractivity contribution is 7.18. The third-order valence-electron chi connectivity index (χ3n) is 4.14. The van der Waals surface area contributed by atoms with Crippen LogP contribution in [0.3, 0.4) is 0 Å². The van der Waals surface area contributed by atoms with Crippen molar-refractivity contribution in [3.63, 3.8) is 0 Å². The lowest BCUT2D eigenvalue weighted by Crippen LogP contribution is -2.35. The summed E-state index contributed by atoms with van der Waals surface area (Å²) in [5.74, 6) is 0.795. The summed E-state index contributed by atoms with van der Waals surface area (Å²) < 4.78 is 1.32. The first-order valence-corrected chi connectivity index (χ1v) is 8.35. The smallest absolute Gasteiger partial charge is 0.0907 e. The van der Waals surface area contributed by atoms with E-state index in [1.165, 1.54) is 42.6 Å². The second kappa shape index (κ2) is 7.54. The fraction of sp³-hybridized carbons (Fsp3) is 0.562. The van der Waals surface area contributed by atoms with Crippen molar-refractivity contribution < 1.29 is 0 Å². The number of thiazole rings is 1. The zero-order valence-corrected chi connectivity index (χ0v) is 14.2. The maximum atomic E-state index is 5.70. The molecule has 0 bridgehead atoms. The SMILES string of the molecule is Cc1nc2ccc(CN3CCCC(CCN)C3)cc2s1.Cl. The van der Waals surface area contributed by atoms with Crippen LogP contribution in [-0.2, 0) is 6.54 Å². The normalized spacial score (nSPS) is 19.6. The Bertz CT molecular complexity index is 582. The molecule has 0 spiro atoms. The number of benzene rings is 1. The van der Waals surface area contributed by atoms with Crippen LogP contribution >= 0.6 is 23.7 Å². The Balaban J connectivity index is 0.00000161. The molecule has 1 saturated heterocycles. The van der Waals surface area contributed by atoms with Gasteiger partial charge >= 0.3 is 0 Å². The Labute approximate surface area is 137 Å². The molecule has 0 saturated carbocycles. The van der Waals surface area contributed by atoms with E-state index in [-0.39, 0.29) is 12.4 Å². The molecule has 21 heavy (non-hydrogen) atoms. The lowest BCUT2D eigenvalue weighted by atomic mass is 9.94. The van der Waals surface area contributed by atoms with Crippen molar-refractivity contribution in [2.24, 2.45) is 11.7 Å². The highest BCUT2D eigenvalue weighted by atomic mass is 35.5. The zero-order valence-electron chi connectivity index (χ0n) is 12.5. The lowest BCUT2D eigenvalue weighted by molar-refractivity contribution is 0.163. The molecule has 3 rings (SSSR count). The number of fused-ring (bicyclic) bond motifs is 1. The van der Waals surface area contributed by atoms with E-state index in [9.17, 15) is 0 Å². The Morgan fingerprint density at radius 3 is 3.10 bits per heavy atom. The van der Waals surface area contributed by atoms with Crippen molar-refractivity contribution in [3.05, 3.63) is 28.8 Å². The van der Waals surface area contributed by atoms with Gasteiger partial charge in [-0.2, -0.15) is 0 Å².